The molecule has 0 bridgehead atoms. The average Bonchev–Trinajstić information content (AvgIpc) is 3.17. The number of allylic oxidation sites excluding steroid dienone is 1. The second-order valence-corrected chi connectivity index (χ2v) is 8.78. The van der Waals surface area contributed by atoms with Gasteiger partial charge >= 0.3 is 0 Å². The minimum absolute atomic E-state index is 0.0294. The second kappa shape index (κ2) is 7.77. The zero-order chi connectivity index (χ0) is 19.6. The standard InChI is InChI=1S/C22H27NO3S/c1-22(2,3)10-8-20(24)23-11-9-15-13-17(25-4)18(26-5)14-16(15)21(23)19-7-6-12-27-19/h6-8,10,12-14,21H,9,11H2,1-5H3/b10-8-/t21-/m1/s1. The molecule has 0 radical (unpaired) electrons. The van der Waals surface area contributed by atoms with Gasteiger partial charge < -0.3 is 14.4 Å². The number of ether oxygens (including phenoxy) is 2. The average molecular weight is 386 g/mol. The van der Waals surface area contributed by atoms with Gasteiger partial charge in [0.25, 0.3) is 0 Å². The molecule has 3 rings (SSSR count). The largest absolute Gasteiger partial charge is 0.493 e. The lowest BCUT2D eigenvalue weighted by atomic mass is 9.90. The van der Waals surface area contributed by atoms with Crippen LogP contribution < -0.4 is 9.47 Å². The first-order valence-corrected chi connectivity index (χ1v) is 10.00. The van der Waals surface area contributed by atoms with Crippen LogP contribution in [0.15, 0.2) is 41.8 Å². The van der Waals surface area contributed by atoms with Crippen LogP contribution in [0.4, 0.5) is 0 Å². The van der Waals surface area contributed by atoms with E-state index in [-0.39, 0.29) is 17.4 Å². The van der Waals surface area contributed by atoms with Gasteiger partial charge in [0.05, 0.1) is 20.3 Å². The van der Waals surface area contributed by atoms with Gasteiger partial charge in [0.1, 0.15) is 0 Å². The highest BCUT2D eigenvalue weighted by Crippen LogP contribution is 2.42. The van der Waals surface area contributed by atoms with Gasteiger partial charge in [-0.2, -0.15) is 0 Å². The SMILES string of the molecule is COc1cc2c(cc1OC)[C@H](c1cccs1)N(C(=O)/C=C\C(C)(C)C)CC2. The number of carbonyl (C=O) groups excluding carboxylic acids is 1. The molecular formula is C22H27NO3S. The van der Waals surface area contributed by atoms with Gasteiger partial charge in [0.2, 0.25) is 5.91 Å². The van der Waals surface area contributed by atoms with E-state index < -0.39 is 0 Å². The van der Waals surface area contributed by atoms with Crippen molar-refractivity contribution < 1.29 is 14.3 Å². The number of benzene rings is 1. The number of hydrogen-bond acceptors (Lipinski definition) is 4. The second-order valence-electron chi connectivity index (χ2n) is 7.80. The molecule has 144 valence electrons. The number of thiophene rings is 1. The molecule has 2 aromatic rings. The molecule has 0 fully saturated rings. The molecular weight excluding hydrogens is 358 g/mol. The van der Waals surface area contributed by atoms with Crippen molar-refractivity contribution in [3.63, 3.8) is 0 Å². The summed E-state index contributed by atoms with van der Waals surface area (Å²) in [6.45, 7) is 6.96. The van der Waals surface area contributed by atoms with E-state index in [9.17, 15) is 4.79 Å². The summed E-state index contributed by atoms with van der Waals surface area (Å²) in [7, 11) is 3.29. The van der Waals surface area contributed by atoms with Crippen LogP contribution in [0.25, 0.3) is 0 Å². The summed E-state index contributed by atoms with van der Waals surface area (Å²) >= 11 is 1.67. The molecule has 27 heavy (non-hydrogen) atoms. The fraction of sp³-hybridized carbons (Fsp3) is 0.409. The van der Waals surface area contributed by atoms with Crippen molar-refractivity contribution in [2.75, 3.05) is 20.8 Å². The molecule has 0 unspecified atom stereocenters. The molecule has 0 saturated heterocycles. The summed E-state index contributed by atoms with van der Waals surface area (Å²) in [5.74, 6) is 1.47. The van der Waals surface area contributed by atoms with Crippen LogP contribution in [-0.4, -0.2) is 31.6 Å². The maximum Gasteiger partial charge on any atom is 0.247 e. The van der Waals surface area contributed by atoms with Crippen molar-refractivity contribution >= 4 is 17.2 Å². The number of methoxy groups -OCH3 is 2. The highest BCUT2D eigenvalue weighted by Gasteiger charge is 2.33. The van der Waals surface area contributed by atoms with E-state index in [1.807, 2.05) is 29.2 Å². The summed E-state index contributed by atoms with van der Waals surface area (Å²) in [6.07, 6.45) is 4.49. The Hall–Kier alpha value is -2.27. The summed E-state index contributed by atoms with van der Waals surface area (Å²) in [4.78, 5) is 16.1. The van der Waals surface area contributed by atoms with Crippen molar-refractivity contribution in [2.24, 2.45) is 5.41 Å². The number of carbonyl (C=O) groups is 1. The van der Waals surface area contributed by atoms with Crippen molar-refractivity contribution in [2.45, 2.75) is 33.2 Å². The van der Waals surface area contributed by atoms with Gasteiger partial charge in [-0.25, -0.2) is 0 Å². The Bertz CT molecular complexity index is 834. The summed E-state index contributed by atoms with van der Waals surface area (Å²) in [5, 5.41) is 2.05. The lowest BCUT2D eigenvalue weighted by Gasteiger charge is -2.37. The van der Waals surface area contributed by atoms with Crippen LogP contribution in [0, 0.1) is 5.41 Å². The Morgan fingerprint density at radius 1 is 1.22 bits per heavy atom. The van der Waals surface area contributed by atoms with E-state index in [2.05, 4.69) is 32.2 Å². The van der Waals surface area contributed by atoms with E-state index in [4.69, 9.17) is 9.47 Å². The summed E-state index contributed by atoms with van der Waals surface area (Å²) < 4.78 is 11.0. The van der Waals surface area contributed by atoms with E-state index in [0.29, 0.717) is 12.3 Å². The van der Waals surface area contributed by atoms with E-state index in [0.717, 1.165) is 22.6 Å². The maximum atomic E-state index is 13.0. The predicted molar refractivity (Wildman–Crippen MR) is 110 cm³/mol. The molecule has 4 nitrogen and oxygen atoms in total. The zero-order valence-electron chi connectivity index (χ0n) is 16.6. The van der Waals surface area contributed by atoms with E-state index in [1.54, 1.807) is 31.6 Å². The fourth-order valence-electron chi connectivity index (χ4n) is 3.35. The van der Waals surface area contributed by atoms with Crippen LogP contribution >= 0.6 is 11.3 Å². The maximum absolute atomic E-state index is 13.0. The molecule has 0 aliphatic carbocycles. The topological polar surface area (TPSA) is 38.8 Å². The van der Waals surface area contributed by atoms with E-state index in [1.165, 1.54) is 5.56 Å². The summed E-state index contributed by atoms with van der Waals surface area (Å²) in [6, 6.07) is 8.08. The first-order chi connectivity index (χ1) is 12.8. The number of amides is 1. The molecule has 1 aromatic heterocycles. The Morgan fingerprint density at radius 2 is 1.93 bits per heavy atom. The molecule has 1 aliphatic heterocycles. The first kappa shape index (κ1) is 19.5. The van der Waals surface area contributed by atoms with Gasteiger partial charge in [0.15, 0.2) is 11.5 Å². The van der Waals surface area contributed by atoms with Crippen LogP contribution in [0.5, 0.6) is 11.5 Å². The fourth-order valence-corrected chi connectivity index (χ4v) is 4.21. The third-order valence-corrected chi connectivity index (χ3v) is 5.62. The Kier molecular flexibility index (Phi) is 5.61. The van der Waals surface area contributed by atoms with Gasteiger partial charge in [-0.05, 0) is 52.6 Å². The van der Waals surface area contributed by atoms with Crippen molar-refractivity contribution in [3.05, 3.63) is 57.8 Å². The molecule has 1 amide bonds. The van der Waals surface area contributed by atoms with Crippen molar-refractivity contribution in [1.29, 1.82) is 0 Å². The molecule has 5 heteroatoms. The van der Waals surface area contributed by atoms with Crippen molar-refractivity contribution in [1.82, 2.24) is 4.90 Å². The molecule has 2 heterocycles. The number of hydrogen-bond donors (Lipinski definition) is 0. The highest BCUT2D eigenvalue weighted by atomic mass is 32.1. The molecule has 0 saturated carbocycles. The van der Waals surface area contributed by atoms with Crippen molar-refractivity contribution in [3.8, 4) is 11.5 Å². The molecule has 1 aromatic carbocycles. The van der Waals surface area contributed by atoms with Gasteiger partial charge in [-0.15, -0.1) is 11.3 Å². The minimum atomic E-state index is -0.106. The lowest BCUT2D eigenvalue weighted by Crippen LogP contribution is -2.39. The molecule has 0 N–H and O–H groups in total. The third-order valence-electron chi connectivity index (χ3n) is 4.70. The van der Waals surface area contributed by atoms with Gasteiger partial charge in [-0.3, -0.25) is 4.79 Å². The highest BCUT2D eigenvalue weighted by molar-refractivity contribution is 7.10. The lowest BCUT2D eigenvalue weighted by molar-refractivity contribution is -0.128. The predicted octanol–water partition coefficient (Wildman–Crippen LogP) is 4.84. The number of nitrogens with zero attached hydrogens (tertiary/aromatic N) is 1. The quantitative estimate of drug-likeness (QED) is 0.707. The zero-order valence-corrected chi connectivity index (χ0v) is 17.4. The normalized spacial score (nSPS) is 17.1. The molecule has 1 aliphatic rings. The Balaban J connectivity index is 2.05. The first-order valence-electron chi connectivity index (χ1n) is 9.12. The Labute approximate surface area is 165 Å². The minimum Gasteiger partial charge on any atom is -0.493 e. The van der Waals surface area contributed by atoms with Gasteiger partial charge in [0, 0.05) is 11.4 Å². The van der Waals surface area contributed by atoms with Crippen LogP contribution in [0.3, 0.4) is 0 Å². The Morgan fingerprint density at radius 3 is 2.52 bits per heavy atom. The van der Waals surface area contributed by atoms with E-state index >= 15 is 0 Å². The van der Waals surface area contributed by atoms with Crippen LogP contribution in [0.2, 0.25) is 0 Å². The molecule has 0 spiro atoms. The van der Waals surface area contributed by atoms with Gasteiger partial charge in [-0.1, -0.05) is 32.9 Å². The number of fused-ring (bicyclic) bond motifs is 1. The molecule has 1 atom stereocenters. The monoisotopic (exact) mass is 385 g/mol. The third kappa shape index (κ3) is 4.19. The summed E-state index contributed by atoms with van der Waals surface area (Å²) in [5.41, 5.74) is 2.28. The van der Waals surface area contributed by atoms with Crippen LogP contribution in [-0.2, 0) is 11.2 Å². The number of rotatable bonds is 4. The van der Waals surface area contributed by atoms with Crippen LogP contribution in [0.1, 0.15) is 42.8 Å². The smallest absolute Gasteiger partial charge is 0.247 e.